The lowest BCUT2D eigenvalue weighted by atomic mass is 10.0. The Morgan fingerprint density at radius 2 is 1.78 bits per heavy atom. The van der Waals surface area contributed by atoms with E-state index in [1.165, 1.54) is 21.9 Å². The number of hydrogen-bond donors (Lipinski definition) is 3. The zero-order chi connectivity index (χ0) is 36.7. The second-order valence-corrected chi connectivity index (χ2v) is 17.2. The predicted molar refractivity (Wildman–Crippen MR) is 180 cm³/mol. The molecular weight excluding hydrogens is 685 g/mol. The van der Waals surface area contributed by atoms with Crippen LogP contribution in [0.4, 0.5) is 14.0 Å². The molecule has 0 bridgehead atoms. The number of ether oxygens (including phenoxy) is 2. The van der Waals surface area contributed by atoms with Gasteiger partial charge in [-0.25, -0.2) is 22.4 Å². The van der Waals surface area contributed by atoms with E-state index in [9.17, 15) is 36.8 Å². The number of carbonyl (C=O) groups excluding carboxylic acids is 5. The van der Waals surface area contributed by atoms with E-state index < -0.39 is 86.2 Å². The number of nitrogens with zero attached hydrogens (tertiary/aromatic N) is 2. The van der Waals surface area contributed by atoms with Crippen LogP contribution in [-0.4, -0.2) is 89.2 Å². The molecule has 1 aromatic carbocycles. The molecule has 6 rings (SSSR count). The number of rotatable bonds is 5. The lowest BCUT2D eigenvalue weighted by Crippen LogP contribution is -2.58. The molecule has 1 saturated heterocycles. The zero-order valence-electron chi connectivity index (χ0n) is 29.1. The normalized spacial score (nSPS) is 28.9. The molecule has 5 aliphatic rings. The molecular formula is C35H46FN5O9S. The van der Waals surface area contributed by atoms with Crippen LogP contribution in [-0.2, 0) is 47.0 Å². The first-order valence-corrected chi connectivity index (χ1v) is 19.2. The van der Waals surface area contributed by atoms with E-state index in [0.717, 1.165) is 18.4 Å². The van der Waals surface area contributed by atoms with Gasteiger partial charge in [0.05, 0.1) is 11.8 Å². The van der Waals surface area contributed by atoms with Crippen molar-refractivity contribution in [2.45, 2.75) is 126 Å². The summed E-state index contributed by atoms with van der Waals surface area (Å²) in [6.45, 7) is 5.24. The molecule has 278 valence electrons. The van der Waals surface area contributed by atoms with E-state index in [1.807, 2.05) is 12.2 Å². The molecule has 0 unspecified atom stereocenters. The highest BCUT2D eigenvalue weighted by Gasteiger charge is 2.62. The Bertz CT molecular complexity index is 1730. The van der Waals surface area contributed by atoms with Gasteiger partial charge in [-0.05, 0) is 82.6 Å². The Morgan fingerprint density at radius 3 is 2.51 bits per heavy atom. The van der Waals surface area contributed by atoms with Gasteiger partial charge in [-0.15, -0.1) is 0 Å². The van der Waals surface area contributed by atoms with E-state index in [-0.39, 0.29) is 38.9 Å². The minimum absolute atomic E-state index is 0.115. The van der Waals surface area contributed by atoms with Gasteiger partial charge >= 0.3 is 12.2 Å². The Labute approximate surface area is 296 Å². The van der Waals surface area contributed by atoms with Gasteiger partial charge in [0.2, 0.25) is 21.8 Å². The Kier molecular flexibility index (Phi) is 10.1. The second kappa shape index (κ2) is 14.1. The van der Waals surface area contributed by atoms with Gasteiger partial charge in [-0.3, -0.25) is 24.0 Å². The molecule has 0 spiro atoms. The lowest BCUT2D eigenvalue weighted by Gasteiger charge is -2.30. The smallest absolute Gasteiger partial charge is 0.410 e. The second-order valence-electron chi connectivity index (χ2n) is 15.2. The first-order chi connectivity index (χ1) is 24.0. The highest BCUT2D eigenvalue weighted by Crippen LogP contribution is 2.46. The highest BCUT2D eigenvalue weighted by atomic mass is 32.2. The molecule has 3 N–H and O–H groups in total. The van der Waals surface area contributed by atoms with Crippen LogP contribution < -0.4 is 15.4 Å². The number of hydrogen-bond acceptors (Lipinski definition) is 9. The van der Waals surface area contributed by atoms with Crippen LogP contribution >= 0.6 is 0 Å². The summed E-state index contributed by atoms with van der Waals surface area (Å²) in [5.41, 5.74) is -0.960. The van der Waals surface area contributed by atoms with Crippen molar-refractivity contribution in [2.75, 3.05) is 6.54 Å². The van der Waals surface area contributed by atoms with Gasteiger partial charge in [-0.1, -0.05) is 31.1 Å². The van der Waals surface area contributed by atoms with Crippen LogP contribution in [0.25, 0.3) is 0 Å². The third kappa shape index (κ3) is 8.47. The molecule has 5 atom stereocenters. The number of amides is 5. The van der Waals surface area contributed by atoms with Crippen molar-refractivity contribution in [3.05, 3.63) is 47.3 Å². The number of sulfonamides is 1. The van der Waals surface area contributed by atoms with Crippen molar-refractivity contribution in [1.82, 2.24) is 25.2 Å². The molecule has 51 heavy (non-hydrogen) atoms. The van der Waals surface area contributed by atoms with E-state index in [0.29, 0.717) is 31.2 Å². The fourth-order valence-electron chi connectivity index (χ4n) is 7.01. The van der Waals surface area contributed by atoms with Crippen molar-refractivity contribution < 1.29 is 46.3 Å². The molecule has 3 fully saturated rings. The van der Waals surface area contributed by atoms with Crippen LogP contribution in [0.5, 0.6) is 0 Å². The average Bonchev–Trinajstić information content (AvgIpc) is 3.93. The third-order valence-electron chi connectivity index (χ3n) is 9.95. The maximum atomic E-state index is 14.3. The summed E-state index contributed by atoms with van der Waals surface area (Å²) in [6.07, 6.45) is 5.21. The summed E-state index contributed by atoms with van der Waals surface area (Å²) >= 11 is 0. The molecule has 0 radical (unpaired) electrons. The summed E-state index contributed by atoms with van der Waals surface area (Å²) in [5.74, 6) is -3.03. The summed E-state index contributed by atoms with van der Waals surface area (Å²) in [4.78, 5) is 70.9. The summed E-state index contributed by atoms with van der Waals surface area (Å²) < 4.78 is 52.7. The summed E-state index contributed by atoms with van der Waals surface area (Å²) in [6, 6.07) is 1.99. The van der Waals surface area contributed by atoms with E-state index in [2.05, 4.69) is 15.4 Å². The first-order valence-electron chi connectivity index (χ1n) is 17.6. The van der Waals surface area contributed by atoms with Crippen LogP contribution in [0.1, 0.15) is 89.7 Å². The SMILES string of the molecule is CC(C)(C)OC(=O)N[C@H]1CCCCC/C=C\[C@@H]2C[C@@]2(C(=O)NS(=O)(=O)C2CC2)NC(=O)[C@@H]2C[C@@H](OC(=O)N3Cc4ccc(F)cc4C3)CN2C1=O. The Morgan fingerprint density at radius 1 is 1.04 bits per heavy atom. The van der Waals surface area contributed by atoms with E-state index in [4.69, 9.17) is 9.47 Å². The van der Waals surface area contributed by atoms with Crippen LogP contribution in [0.2, 0.25) is 0 Å². The lowest BCUT2D eigenvalue weighted by molar-refractivity contribution is -0.141. The standard InChI is InChI=1S/C35H46FN5O9S/c1-34(2,3)50-32(45)37-27-10-8-6-4-5-7-9-23-17-35(23,31(44)39-51(47,48)26-13-14-26)38-29(42)28-16-25(20-41(28)30(27)43)49-33(46)40-18-21-11-12-24(36)15-22(21)19-40/h7,9,11-12,15,23,25-28H,4-6,8,10,13-14,16-20H2,1-3H3,(H,37,45)(H,38,42)(H,39,44)/b9-7-/t23-,25-,27+,28+,35-/m1/s1. The molecule has 3 aliphatic heterocycles. The van der Waals surface area contributed by atoms with Gasteiger partial charge in [0.1, 0.15) is 35.1 Å². The average molecular weight is 732 g/mol. The van der Waals surface area contributed by atoms with Crippen molar-refractivity contribution in [3.63, 3.8) is 0 Å². The minimum Gasteiger partial charge on any atom is -0.444 e. The molecule has 14 nitrogen and oxygen atoms in total. The van der Waals surface area contributed by atoms with Crippen LogP contribution in [0, 0.1) is 11.7 Å². The quantitative estimate of drug-likeness (QED) is 0.384. The van der Waals surface area contributed by atoms with Crippen molar-refractivity contribution in [3.8, 4) is 0 Å². The maximum Gasteiger partial charge on any atom is 0.410 e. The zero-order valence-corrected chi connectivity index (χ0v) is 29.9. The molecule has 3 heterocycles. The third-order valence-corrected chi connectivity index (χ3v) is 11.8. The number of allylic oxidation sites excluding steroid dienone is 1. The van der Waals surface area contributed by atoms with Gasteiger partial charge in [0, 0.05) is 25.4 Å². The number of benzene rings is 1. The van der Waals surface area contributed by atoms with Gasteiger partial charge in [0.15, 0.2) is 0 Å². The number of halogens is 1. The fourth-order valence-corrected chi connectivity index (χ4v) is 8.37. The predicted octanol–water partition coefficient (Wildman–Crippen LogP) is 3.14. The minimum atomic E-state index is -3.92. The maximum absolute atomic E-state index is 14.3. The summed E-state index contributed by atoms with van der Waals surface area (Å²) in [7, 11) is -3.92. The molecule has 0 aromatic heterocycles. The van der Waals surface area contributed by atoms with E-state index >= 15 is 0 Å². The molecule has 16 heteroatoms. The van der Waals surface area contributed by atoms with Gasteiger partial charge in [0.25, 0.3) is 5.91 Å². The highest BCUT2D eigenvalue weighted by molar-refractivity contribution is 7.91. The molecule has 5 amide bonds. The number of carbonyl (C=O) groups is 5. The molecule has 2 aliphatic carbocycles. The number of fused-ring (bicyclic) bond motifs is 3. The Balaban J connectivity index is 1.25. The fraction of sp³-hybridized carbons (Fsp3) is 0.629. The van der Waals surface area contributed by atoms with E-state index in [1.54, 1.807) is 26.8 Å². The molecule has 2 saturated carbocycles. The van der Waals surface area contributed by atoms with Crippen molar-refractivity contribution in [1.29, 1.82) is 0 Å². The summed E-state index contributed by atoms with van der Waals surface area (Å²) in [5, 5.41) is 4.80. The van der Waals surface area contributed by atoms with Gasteiger partial charge in [-0.2, -0.15) is 0 Å². The topological polar surface area (TPSA) is 181 Å². The van der Waals surface area contributed by atoms with Crippen LogP contribution in [0.3, 0.4) is 0 Å². The van der Waals surface area contributed by atoms with Gasteiger partial charge < -0.3 is 25.0 Å². The Hall–Kier alpha value is -4.21. The molecule has 1 aromatic rings. The number of nitrogens with one attached hydrogen (secondary N) is 3. The largest absolute Gasteiger partial charge is 0.444 e. The van der Waals surface area contributed by atoms with Crippen molar-refractivity contribution >= 4 is 39.9 Å². The van der Waals surface area contributed by atoms with Crippen molar-refractivity contribution in [2.24, 2.45) is 5.92 Å². The first kappa shape index (κ1) is 36.6. The number of alkyl carbamates (subject to hydrolysis) is 1. The monoisotopic (exact) mass is 731 g/mol. The van der Waals surface area contributed by atoms with Crippen LogP contribution in [0.15, 0.2) is 30.4 Å².